The highest BCUT2D eigenvalue weighted by molar-refractivity contribution is 5.56. The first-order valence-corrected chi connectivity index (χ1v) is 5.99. The summed E-state index contributed by atoms with van der Waals surface area (Å²) in [5.74, 6) is 1.40. The fourth-order valence-corrected chi connectivity index (χ4v) is 1.70. The second kappa shape index (κ2) is 4.89. The molecule has 0 amide bonds. The number of anilines is 2. The summed E-state index contributed by atoms with van der Waals surface area (Å²) in [4.78, 5) is 0. The molecule has 1 N–H and O–H groups in total. The first kappa shape index (κ1) is 11.4. The standard InChI is InChI=1S/C14H13N5/c1-11-3-5-12(6-4-11)16-13-7-8-14(18-17-13)19-10-2-9-15-19/h2-10H,1H3,(H,16,17). The fourth-order valence-electron chi connectivity index (χ4n) is 1.70. The predicted molar refractivity (Wildman–Crippen MR) is 73.6 cm³/mol. The van der Waals surface area contributed by atoms with Crippen LogP contribution in [0.2, 0.25) is 0 Å². The molecule has 1 aromatic carbocycles. The van der Waals surface area contributed by atoms with Crippen molar-refractivity contribution in [1.82, 2.24) is 20.0 Å². The maximum Gasteiger partial charge on any atom is 0.175 e. The Morgan fingerprint density at radius 2 is 1.84 bits per heavy atom. The first-order chi connectivity index (χ1) is 9.31. The van der Waals surface area contributed by atoms with Crippen LogP contribution in [0.5, 0.6) is 0 Å². The number of rotatable bonds is 3. The molecule has 0 radical (unpaired) electrons. The smallest absolute Gasteiger partial charge is 0.175 e. The van der Waals surface area contributed by atoms with Crippen molar-refractivity contribution in [2.24, 2.45) is 0 Å². The monoisotopic (exact) mass is 251 g/mol. The lowest BCUT2D eigenvalue weighted by atomic mass is 10.2. The van der Waals surface area contributed by atoms with Crippen molar-refractivity contribution >= 4 is 11.5 Å². The van der Waals surface area contributed by atoms with Gasteiger partial charge in [0, 0.05) is 18.1 Å². The van der Waals surface area contributed by atoms with E-state index in [1.807, 2.05) is 48.7 Å². The van der Waals surface area contributed by atoms with Crippen LogP contribution in [0.25, 0.3) is 5.82 Å². The van der Waals surface area contributed by atoms with Gasteiger partial charge in [0.1, 0.15) is 0 Å². The van der Waals surface area contributed by atoms with E-state index in [-0.39, 0.29) is 0 Å². The number of benzene rings is 1. The first-order valence-electron chi connectivity index (χ1n) is 5.99. The van der Waals surface area contributed by atoms with Crippen molar-refractivity contribution in [3.05, 3.63) is 60.4 Å². The molecular weight excluding hydrogens is 238 g/mol. The van der Waals surface area contributed by atoms with Gasteiger partial charge in [0.25, 0.3) is 0 Å². The summed E-state index contributed by atoms with van der Waals surface area (Å²) in [6, 6.07) is 13.7. The maximum atomic E-state index is 4.13. The van der Waals surface area contributed by atoms with E-state index in [9.17, 15) is 0 Å². The second-order valence-electron chi connectivity index (χ2n) is 4.22. The molecule has 3 rings (SSSR count). The molecule has 19 heavy (non-hydrogen) atoms. The molecule has 0 bridgehead atoms. The van der Waals surface area contributed by atoms with Gasteiger partial charge in [-0.2, -0.15) is 5.10 Å². The highest BCUT2D eigenvalue weighted by atomic mass is 15.3. The van der Waals surface area contributed by atoms with E-state index in [0.717, 1.165) is 5.69 Å². The van der Waals surface area contributed by atoms with Gasteiger partial charge in [-0.3, -0.25) is 0 Å². The summed E-state index contributed by atoms with van der Waals surface area (Å²) in [5, 5.41) is 15.6. The molecule has 3 aromatic rings. The predicted octanol–water partition coefficient (Wildman–Crippen LogP) is 2.71. The van der Waals surface area contributed by atoms with Crippen LogP contribution in [0.3, 0.4) is 0 Å². The molecule has 5 heteroatoms. The van der Waals surface area contributed by atoms with Gasteiger partial charge in [-0.15, -0.1) is 10.2 Å². The highest BCUT2D eigenvalue weighted by Gasteiger charge is 2.00. The average molecular weight is 251 g/mol. The van der Waals surface area contributed by atoms with E-state index in [2.05, 4.69) is 27.5 Å². The summed E-state index contributed by atoms with van der Waals surface area (Å²) < 4.78 is 1.67. The molecule has 5 nitrogen and oxygen atoms in total. The Morgan fingerprint density at radius 3 is 2.47 bits per heavy atom. The van der Waals surface area contributed by atoms with Gasteiger partial charge in [-0.1, -0.05) is 17.7 Å². The molecule has 2 aromatic heterocycles. The summed E-state index contributed by atoms with van der Waals surface area (Å²) >= 11 is 0. The zero-order valence-electron chi connectivity index (χ0n) is 10.5. The Morgan fingerprint density at radius 1 is 1.00 bits per heavy atom. The average Bonchev–Trinajstić information content (AvgIpc) is 2.96. The van der Waals surface area contributed by atoms with E-state index >= 15 is 0 Å². The normalized spacial score (nSPS) is 10.4. The van der Waals surface area contributed by atoms with Crippen LogP contribution >= 0.6 is 0 Å². The molecule has 0 aliphatic rings. The third-order valence-electron chi connectivity index (χ3n) is 2.71. The fraction of sp³-hybridized carbons (Fsp3) is 0.0714. The van der Waals surface area contributed by atoms with Crippen LogP contribution in [-0.4, -0.2) is 20.0 Å². The minimum absolute atomic E-state index is 0.694. The number of hydrogen-bond donors (Lipinski definition) is 1. The number of nitrogens with zero attached hydrogens (tertiary/aromatic N) is 4. The van der Waals surface area contributed by atoms with E-state index in [4.69, 9.17) is 0 Å². The van der Waals surface area contributed by atoms with Gasteiger partial charge in [0.2, 0.25) is 0 Å². The largest absolute Gasteiger partial charge is 0.339 e. The number of aromatic nitrogens is 4. The third-order valence-corrected chi connectivity index (χ3v) is 2.71. The van der Waals surface area contributed by atoms with Crippen molar-refractivity contribution in [3.63, 3.8) is 0 Å². The Labute approximate surface area is 110 Å². The zero-order chi connectivity index (χ0) is 13.1. The molecule has 0 fully saturated rings. The summed E-state index contributed by atoms with van der Waals surface area (Å²) in [6.45, 7) is 2.06. The zero-order valence-corrected chi connectivity index (χ0v) is 10.5. The van der Waals surface area contributed by atoms with Gasteiger partial charge < -0.3 is 5.32 Å². The van der Waals surface area contributed by atoms with Gasteiger partial charge in [0.05, 0.1) is 0 Å². The van der Waals surface area contributed by atoms with Crippen molar-refractivity contribution < 1.29 is 0 Å². The number of aryl methyl sites for hydroxylation is 1. The quantitative estimate of drug-likeness (QED) is 0.777. The van der Waals surface area contributed by atoms with Crippen LogP contribution < -0.4 is 5.32 Å². The third kappa shape index (κ3) is 2.60. The number of nitrogens with one attached hydrogen (secondary N) is 1. The Kier molecular flexibility index (Phi) is 2.94. The molecule has 2 heterocycles. The van der Waals surface area contributed by atoms with Crippen LogP contribution in [-0.2, 0) is 0 Å². The maximum absolute atomic E-state index is 4.13. The van der Waals surface area contributed by atoms with E-state index < -0.39 is 0 Å². The second-order valence-corrected chi connectivity index (χ2v) is 4.22. The van der Waals surface area contributed by atoms with Gasteiger partial charge in [-0.05, 0) is 37.3 Å². The molecule has 94 valence electrons. The summed E-state index contributed by atoms with van der Waals surface area (Å²) in [7, 11) is 0. The molecule has 0 aliphatic heterocycles. The Bertz CT molecular complexity index is 641. The summed E-state index contributed by atoms with van der Waals surface area (Å²) in [5.41, 5.74) is 2.22. The molecule has 0 aliphatic carbocycles. The van der Waals surface area contributed by atoms with E-state index in [1.165, 1.54) is 5.56 Å². The van der Waals surface area contributed by atoms with E-state index in [0.29, 0.717) is 11.6 Å². The van der Waals surface area contributed by atoms with Crippen molar-refractivity contribution in [1.29, 1.82) is 0 Å². The molecule has 0 saturated heterocycles. The lowest BCUT2D eigenvalue weighted by Gasteiger charge is -2.06. The van der Waals surface area contributed by atoms with Gasteiger partial charge >= 0.3 is 0 Å². The Balaban J connectivity index is 1.77. The topological polar surface area (TPSA) is 55.6 Å². The molecule has 0 saturated carbocycles. The molecule has 0 atom stereocenters. The van der Waals surface area contributed by atoms with Crippen molar-refractivity contribution in [2.75, 3.05) is 5.32 Å². The molecular formula is C14H13N5. The lowest BCUT2D eigenvalue weighted by Crippen LogP contribution is -2.01. The highest BCUT2D eigenvalue weighted by Crippen LogP contribution is 2.14. The number of hydrogen-bond acceptors (Lipinski definition) is 4. The van der Waals surface area contributed by atoms with Gasteiger partial charge in [-0.25, -0.2) is 4.68 Å². The minimum atomic E-state index is 0.694. The van der Waals surface area contributed by atoms with Crippen molar-refractivity contribution in [3.8, 4) is 5.82 Å². The molecule has 0 spiro atoms. The Hall–Kier alpha value is -2.69. The minimum Gasteiger partial charge on any atom is -0.339 e. The molecule has 0 unspecified atom stereocenters. The summed E-state index contributed by atoms with van der Waals surface area (Å²) in [6.07, 6.45) is 3.54. The van der Waals surface area contributed by atoms with Crippen LogP contribution in [0.15, 0.2) is 54.9 Å². The van der Waals surface area contributed by atoms with Crippen LogP contribution in [0, 0.1) is 6.92 Å². The van der Waals surface area contributed by atoms with Crippen LogP contribution in [0.4, 0.5) is 11.5 Å². The van der Waals surface area contributed by atoms with Crippen molar-refractivity contribution in [2.45, 2.75) is 6.92 Å². The van der Waals surface area contributed by atoms with Crippen LogP contribution in [0.1, 0.15) is 5.56 Å². The SMILES string of the molecule is Cc1ccc(Nc2ccc(-n3cccn3)nn2)cc1. The van der Waals surface area contributed by atoms with E-state index in [1.54, 1.807) is 10.9 Å². The lowest BCUT2D eigenvalue weighted by molar-refractivity contribution is 0.816. The van der Waals surface area contributed by atoms with Gasteiger partial charge in [0.15, 0.2) is 11.6 Å².